The molecule has 1 aromatic rings. The summed E-state index contributed by atoms with van der Waals surface area (Å²) in [6, 6.07) is 0. The predicted molar refractivity (Wildman–Crippen MR) is 46.3 cm³/mol. The average Bonchev–Trinajstić information content (AvgIpc) is 2.27. The molecule has 0 unspecified atom stereocenters. The highest BCUT2D eigenvalue weighted by Crippen LogP contribution is 2.14. The molecule has 0 amide bonds. The van der Waals surface area contributed by atoms with Crippen molar-refractivity contribution in [3.05, 3.63) is 23.3 Å². The lowest BCUT2D eigenvalue weighted by atomic mass is 10.1. The molecule has 0 saturated heterocycles. The number of aryl methyl sites for hydroxylation is 1. The van der Waals surface area contributed by atoms with Crippen LogP contribution in [0.3, 0.4) is 0 Å². The van der Waals surface area contributed by atoms with Gasteiger partial charge in [0.15, 0.2) is 11.6 Å². The quantitative estimate of drug-likeness (QED) is 0.665. The van der Waals surface area contributed by atoms with Gasteiger partial charge in [-0.25, -0.2) is 4.39 Å². The van der Waals surface area contributed by atoms with E-state index < -0.39 is 5.82 Å². The van der Waals surface area contributed by atoms with Crippen LogP contribution in [-0.4, -0.2) is 24.1 Å². The summed E-state index contributed by atoms with van der Waals surface area (Å²) in [5.74, 6) is -0.805. The number of nitrogens with zero attached hydrogens (tertiary/aromatic N) is 1. The van der Waals surface area contributed by atoms with E-state index in [-0.39, 0.29) is 18.0 Å². The highest BCUT2D eigenvalue weighted by atomic mass is 19.1. The highest BCUT2D eigenvalue weighted by Gasteiger charge is 2.17. The third kappa shape index (κ3) is 1.78. The maximum absolute atomic E-state index is 13.1. The van der Waals surface area contributed by atoms with Crippen molar-refractivity contribution in [2.75, 3.05) is 13.7 Å². The summed E-state index contributed by atoms with van der Waals surface area (Å²) < 4.78 is 19.4. The first-order chi connectivity index (χ1) is 6.07. The molecule has 4 heteroatoms. The van der Waals surface area contributed by atoms with E-state index in [0.29, 0.717) is 5.69 Å². The van der Waals surface area contributed by atoms with Gasteiger partial charge in [0.05, 0.1) is 5.56 Å². The van der Waals surface area contributed by atoms with Crippen molar-refractivity contribution in [3.8, 4) is 0 Å². The number of methoxy groups -OCH3 is 1. The Morgan fingerprint density at radius 3 is 2.69 bits per heavy atom. The van der Waals surface area contributed by atoms with Gasteiger partial charge in [-0.05, 0) is 6.92 Å². The molecular formula is C9H12FNO2. The summed E-state index contributed by atoms with van der Waals surface area (Å²) in [7, 11) is 3.11. The third-order valence-electron chi connectivity index (χ3n) is 1.99. The van der Waals surface area contributed by atoms with Crippen molar-refractivity contribution >= 4 is 5.78 Å². The normalized spacial score (nSPS) is 10.5. The summed E-state index contributed by atoms with van der Waals surface area (Å²) >= 11 is 0. The molecule has 1 rings (SSSR count). The van der Waals surface area contributed by atoms with Crippen LogP contribution in [0.25, 0.3) is 0 Å². The van der Waals surface area contributed by atoms with Gasteiger partial charge < -0.3 is 9.30 Å². The summed E-state index contributed by atoms with van der Waals surface area (Å²) in [6.45, 7) is 1.62. The van der Waals surface area contributed by atoms with E-state index >= 15 is 0 Å². The Labute approximate surface area is 76.1 Å². The minimum Gasteiger partial charge on any atom is -0.377 e. The zero-order valence-electron chi connectivity index (χ0n) is 7.93. The van der Waals surface area contributed by atoms with Crippen LogP contribution in [-0.2, 0) is 11.8 Å². The molecule has 0 aliphatic rings. The average molecular weight is 185 g/mol. The molecule has 0 saturated carbocycles. The molecule has 0 aliphatic heterocycles. The second-order valence-electron chi connectivity index (χ2n) is 2.90. The molecule has 0 bridgehead atoms. The molecule has 0 radical (unpaired) electrons. The van der Waals surface area contributed by atoms with Gasteiger partial charge in [0.25, 0.3) is 0 Å². The van der Waals surface area contributed by atoms with Crippen molar-refractivity contribution in [1.82, 2.24) is 4.57 Å². The van der Waals surface area contributed by atoms with E-state index in [1.165, 1.54) is 13.3 Å². The van der Waals surface area contributed by atoms with E-state index in [9.17, 15) is 9.18 Å². The Balaban J connectivity index is 3.06. The van der Waals surface area contributed by atoms with Gasteiger partial charge in [-0.2, -0.15) is 0 Å². The number of ether oxygens (including phenoxy) is 1. The van der Waals surface area contributed by atoms with E-state index in [2.05, 4.69) is 4.74 Å². The van der Waals surface area contributed by atoms with Crippen LogP contribution < -0.4 is 0 Å². The van der Waals surface area contributed by atoms with Crippen LogP contribution in [0, 0.1) is 12.7 Å². The maximum atomic E-state index is 13.1. The lowest BCUT2D eigenvalue weighted by Gasteiger charge is -2.00. The molecule has 0 spiro atoms. The van der Waals surface area contributed by atoms with Gasteiger partial charge in [0.1, 0.15) is 6.61 Å². The monoisotopic (exact) mass is 185 g/mol. The van der Waals surface area contributed by atoms with E-state index in [0.717, 1.165) is 0 Å². The van der Waals surface area contributed by atoms with Crippen molar-refractivity contribution in [1.29, 1.82) is 0 Å². The Hall–Kier alpha value is -1.16. The van der Waals surface area contributed by atoms with Crippen molar-refractivity contribution in [3.63, 3.8) is 0 Å². The summed E-state index contributed by atoms with van der Waals surface area (Å²) in [5.41, 5.74) is 0.754. The molecule has 0 N–H and O–H groups in total. The van der Waals surface area contributed by atoms with Gasteiger partial charge in [-0.3, -0.25) is 4.79 Å². The van der Waals surface area contributed by atoms with Crippen LogP contribution >= 0.6 is 0 Å². The van der Waals surface area contributed by atoms with Crippen molar-refractivity contribution in [2.45, 2.75) is 6.92 Å². The standard InChI is InChI=1S/C9H12FNO2/c1-6-9(8(12)5-13-3)7(10)4-11(6)2/h4H,5H2,1-3H3. The largest absolute Gasteiger partial charge is 0.377 e. The van der Waals surface area contributed by atoms with E-state index in [1.807, 2.05) is 0 Å². The van der Waals surface area contributed by atoms with E-state index in [1.54, 1.807) is 18.5 Å². The SMILES string of the molecule is COCC(=O)c1c(F)cn(C)c1C. The number of hydrogen-bond acceptors (Lipinski definition) is 2. The molecule has 0 aromatic carbocycles. The number of Topliss-reactive ketones (excluding diaryl/α,β-unsaturated/α-hetero) is 1. The Morgan fingerprint density at radius 1 is 1.69 bits per heavy atom. The second kappa shape index (κ2) is 3.70. The summed E-state index contributed by atoms with van der Waals surface area (Å²) in [5, 5.41) is 0. The minimum atomic E-state index is -0.484. The van der Waals surface area contributed by atoms with Gasteiger partial charge >= 0.3 is 0 Å². The maximum Gasteiger partial charge on any atom is 0.193 e. The molecular weight excluding hydrogens is 173 g/mol. The van der Waals surface area contributed by atoms with Crippen LogP contribution in [0.5, 0.6) is 0 Å². The number of halogens is 1. The topological polar surface area (TPSA) is 31.2 Å². The van der Waals surface area contributed by atoms with E-state index in [4.69, 9.17) is 0 Å². The molecule has 0 fully saturated rings. The summed E-state index contributed by atoms with van der Waals surface area (Å²) in [6.07, 6.45) is 1.29. The first-order valence-electron chi connectivity index (χ1n) is 3.91. The second-order valence-corrected chi connectivity index (χ2v) is 2.90. The molecule has 72 valence electrons. The van der Waals surface area contributed by atoms with Gasteiger partial charge in [-0.1, -0.05) is 0 Å². The molecule has 1 heterocycles. The number of hydrogen-bond donors (Lipinski definition) is 0. The van der Waals surface area contributed by atoms with Crippen molar-refractivity contribution < 1.29 is 13.9 Å². The molecule has 1 aromatic heterocycles. The highest BCUT2D eigenvalue weighted by molar-refractivity contribution is 5.98. The summed E-state index contributed by atoms with van der Waals surface area (Å²) in [4.78, 5) is 11.3. The Morgan fingerprint density at radius 2 is 2.31 bits per heavy atom. The lowest BCUT2D eigenvalue weighted by molar-refractivity contribution is 0.0843. The third-order valence-corrected chi connectivity index (χ3v) is 1.99. The molecule has 0 atom stereocenters. The number of ketones is 1. The molecule has 0 aliphatic carbocycles. The van der Waals surface area contributed by atoms with Crippen LogP contribution in [0.15, 0.2) is 6.20 Å². The number of aromatic nitrogens is 1. The van der Waals surface area contributed by atoms with Gasteiger partial charge in [0.2, 0.25) is 0 Å². The molecule has 13 heavy (non-hydrogen) atoms. The Kier molecular flexibility index (Phi) is 2.83. The fourth-order valence-electron chi connectivity index (χ4n) is 1.22. The lowest BCUT2D eigenvalue weighted by Crippen LogP contribution is -2.09. The number of rotatable bonds is 3. The molecule has 3 nitrogen and oxygen atoms in total. The van der Waals surface area contributed by atoms with Crippen molar-refractivity contribution in [2.24, 2.45) is 7.05 Å². The first kappa shape index (κ1) is 9.92. The smallest absolute Gasteiger partial charge is 0.193 e. The van der Waals surface area contributed by atoms with Gasteiger partial charge in [-0.15, -0.1) is 0 Å². The fraction of sp³-hybridized carbons (Fsp3) is 0.444. The van der Waals surface area contributed by atoms with Crippen LogP contribution in [0.1, 0.15) is 16.1 Å². The van der Waals surface area contributed by atoms with Crippen LogP contribution in [0.2, 0.25) is 0 Å². The first-order valence-corrected chi connectivity index (χ1v) is 3.91. The zero-order valence-corrected chi connectivity index (χ0v) is 7.93. The number of carbonyl (C=O) groups excluding carboxylic acids is 1. The zero-order chi connectivity index (χ0) is 10.0. The Bertz CT molecular complexity index is 331. The van der Waals surface area contributed by atoms with Gasteiger partial charge in [0, 0.05) is 26.0 Å². The predicted octanol–water partition coefficient (Wildman–Crippen LogP) is 1.30. The van der Waals surface area contributed by atoms with Crippen LogP contribution in [0.4, 0.5) is 4.39 Å². The minimum absolute atomic E-state index is 0.0816. The fourth-order valence-corrected chi connectivity index (χ4v) is 1.22. The number of carbonyl (C=O) groups is 1.